The molecule has 0 N–H and O–H groups in total. The molecule has 0 saturated heterocycles. The number of aromatic nitrogens is 4. The first-order chi connectivity index (χ1) is 12.9. The number of imidazole rings is 1. The smallest absolute Gasteiger partial charge is 0.135 e. The second-order valence-corrected chi connectivity index (χ2v) is 7.76. The van der Waals surface area contributed by atoms with Gasteiger partial charge in [-0.05, 0) is 55.4 Å². The Balaban J connectivity index is 1.91. The Morgan fingerprint density at radius 1 is 1.19 bits per heavy atom. The van der Waals surface area contributed by atoms with Crippen molar-refractivity contribution in [3.05, 3.63) is 65.9 Å². The van der Waals surface area contributed by atoms with Gasteiger partial charge < -0.3 is 4.57 Å². The summed E-state index contributed by atoms with van der Waals surface area (Å²) in [6.45, 7) is 6.44. The zero-order valence-electron chi connectivity index (χ0n) is 15.7. The lowest BCUT2D eigenvalue weighted by atomic mass is 9.71. The standard InChI is InChI=1S/C21H22F2N4/c1-13(2)14-7-8-21(3,27-10-9-24-12-27)20-15(14)11-18(25-26-20)19-16(22)5-4-6-17(19)23/h4-6,9-14H,7-8H2,1-3H3. The van der Waals surface area contributed by atoms with E-state index in [1.54, 1.807) is 12.5 Å². The lowest BCUT2D eigenvalue weighted by Crippen LogP contribution is -2.38. The summed E-state index contributed by atoms with van der Waals surface area (Å²) >= 11 is 0. The topological polar surface area (TPSA) is 43.6 Å². The van der Waals surface area contributed by atoms with E-state index in [0.29, 0.717) is 5.92 Å². The maximum absolute atomic E-state index is 14.3. The Morgan fingerprint density at radius 3 is 2.56 bits per heavy atom. The highest BCUT2D eigenvalue weighted by Gasteiger charge is 2.40. The fraction of sp³-hybridized carbons (Fsp3) is 0.381. The Labute approximate surface area is 157 Å². The molecule has 1 aliphatic rings. The van der Waals surface area contributed by atoms with Crippen LogP contribution in [0.15, 0.2) is 43.0 Å². The molecule has 0 radical (unpaired) electrons. The van der Waals surface area contributed by atoms with Gasteiger partial charge in [0.2, 0.25) is 0 Å². The summed E-state index contributed by atoms with van der Waals surface area (Å²) in [6.07, 6.45) is 7.32. The molecule has 6 heteroatoms. The van der Waals surface area contributed by atoms with Crippen molar-refractivity contribution < 1.29 is 8.78 Å². The maximum atomic E-state index is 14.3. The molecule has 2 heterocycles. The summed E-state index contributed by atoms with van der Waals surface area (Å²) in [6, 6.07) is 5.67. The molecule has 1 aromatic carbocycles. The quantitative estimate of drug-likeness (QED) is 0.659. The van der Waals surface area contributed by atoms with Crippen LogP contribution < -0.4 is 0 Å². The molecule has 140 valence electrons. The molecular weight excluding hydrogens is 346 g/mol. The van der Waals surface area contributed by atoms with Gasteiger partial charge in [-0.25, -0.2) is 13.8 Å². The molecule has 2 aromatic heterocycles. The van der Waals surface area contributed by atoms with Crippen LogP contribution in [-0.2, 0) is 5.54 Å². The minimum atomic E-state index is -0.626. The summed E-state index contributed by atoms with van der Waals surface area (Å²) in [4.78, 5) is 4.17. The number of benzene rings is 1. The predicted molar refractivity (Wildman–Crippen MR) is 99.2 cm³/mol. The third-order valence-corrected chi connectivity index (χ3v) is 5.77. The van der Waals surface area contributed by atoms with E-state index in [0.717, 1.165) is 24.1 Å². The third kappa shape index (κ3) is 2.83. The SMILES string of the molecule is CC(C)C1CCC(C)(n2ccnc2)c2nnc(-c3c(F)cccc3F)cc21. The number of nitrogens with zero attached hydrogens (tertiary/aromatic N) is 4. The van der Waals surface area contributed by atoms with Gasteiger partial charge in [0, 0.05) is 12.4 Å². The second-order valence-electron chi connectivity index (χ2n) is 7.76. The van der Waals surface area contributed by atoms with Crippen LogP contribution in [0.5, 0.6) is 0 Å². The lowest BCUT2D eigenvalue weighted by Gasteiger charge is -2.40. The molecule has 0 saturated carbocycles. The van der Waals surface area contributed by atoms with Crippen LogP contribution in [0, 0.1) is 17.6 Å². The van der Waals surface area contributed by atoms with Crippen LogP contribution in [0.3, 0.4) is 0 Å². The van der Waals surface area contributed by atoms with Crippen molar-refractivity contribution in [2.75, 3.05) is 0 Å². The number of rotatable bonds is 3. The second kappa shape index (κ2) is 6.51. The fourth-order valence-electron chi connectivity index (χ4n) is 4.18. The minimum absolute atomic E-state index is 0.120. The molecule has 0 aliphatic heterocycles. The van der Waals surface area contributed by atoms with E-state index < -0.39 is 11.6 Å². The van der Waals surface area contributed by atoms with Crippen LogP contribution in [-0.4, -0.2) is 19.7 Å². The van der Waals surface area contributed by atoms with Crippen molar-refractivity contribution in [2.24, 2.45) is 5.92 Å². The third-order valence-electron chi connectivity index (χ3n) is 5.77. The van der Waals surface area contributed by atoms with Gasteiger partial charge in [-0.3, -0.25) is 0 Å². The molecule has 0 bridgehead atoms. The van der Waals surface area contributed by atoms with Crippen molar-refractivity contribution in [2.45, 2.75) is 45.1 Å². The van der Waals surface area contributed by atoms with Crippen LogP contribution in [0.25, 0.3) is 11.3 Å². The zero-order valence-corrected chi connectivity index (χ0v) is 15.7. The number of hydrogen-bond acceptors (Lipinski definition) is 3. The molecule has 0 fully saturated rings. The summed E-state index contributed by atoms with van der Waals surface area (Å²) < 4.78 is 30.6. The van der Waals surface area contributed by atoms with Gasteiger partial charge in [0.1, 0.15) is 11.6 Å². The first-order valence-electron chi connectivity index (χ1n) is 9.22. The van der Waals surface area contributed by atoms with E-state index in [4.69, 9.17) is 0 Å². The average Bonchev–Trinajstić information content (AvgIpc) is 3.17. The highest BCUT2D eigenvalue weighted by molar-refractivity contribution is 5.62. The zero-order chi connectivity index (χ0) is 19.2. The van der Waals surface area contributed by atoms with E-state index in [1.165, 1.54) is 18.2 Å². The Bertz CT molecular complexity index is 948. The van der Waals surface area contributed by atoms with Gasteiger partial charge in [-0.2, -0.15) is 5.10 Å². The van der Waals surface area contributed by atoms with E-state index in [9.17, 15) is 8.78 Å². The highest BCUT2D eigenvalue weighted by Crippen LogP contribution is 2.46. The van der Waals surface area contributed by atoms with Crippen LogP contribution >= 0.6 is 0 Å². The van der Waals surface area contributed by atoms with E-state index in [-0.39, 0.29) is 22.7 Å². The fourth-order valence-corrected chi connectivity index (χ4v) is 4.18. The molecular formula is C21H22F2N4. The van der Waals surface area contributed by atoms with Gasteiger partial charge >= 0.3 is 0 Å². The Kier molecular flexibility index (Phi) is 4.29. The van der Waals surface area contributed by atoms with E-state index in [2.05, 4.69) is 36.0 Å². The van der Waals surface area contributed by atoms with E-state index >= 15 is 0 Å². The predicted octanol–water partition coefficient (Wildman–Crippen LogP) is 4.92. The molecule has 0 spiro atoms. The molecule has 1 aliphatic carbocycles. The van der Waals surface area contributed by atoms with Crippen molar-refractivity contribution in [3.63, 3.8) is 0 Å². The van der Waals surface area contributed by atoms with Gasteiger partial charge in [-0.15, -0.1) is 5.10 Å². The number of hydrogen-bond donors (Lipinski definition) is 0. The maximum Gasteiger partial charge on any atom is 0.135 e. The minimum Gasteiger partial charge on any atom is -0.326 e. The van der Waals surface area contributed by atoms with Crippen LogP contribution in [0.1, 0.15) is 50.8 Å². The first kappa shape index (κ1) is 17.8. The summed E-state index contributed by atoms with van der Waals surface area (Å²) in [5.41, 5.74) is 1.61. The molecule has 2 atom stereocenters. The number of halogens is 2. The largest absolute Gasteiger partial charge is 0.326 e. The van der Waals surface area contributed by atoms with Gasteiger partial charge in [0.25, 0.3) is 0 Å². The lowest BCUT2D eigenvalue weighted by molar-refractivity contribution is 0.275. The van der Waals surface area contributed by atoms with Crippen LogP contribution in [0.2, 0.25) is 0 Å². The summed E-state index contributed by atoms with van der Waals surface area (Å²) in [7, 11) is 0. The normalized spacial score (nSPS) is 22.1. The average molecular weight is 368 g/mol. The van der Waals surface area contributed by atoms with Crippen molar-refractivity contribution >= 4 is 0 Å². The Morgan fingerprint density at radius 2 is 1.93 bits per heavy atom. The molecule has 0 amide bonds. The van der Waals surface area contributed by atoms with E-state index in [1.807, 2.05) is 16.8 Å². The molecule has 4 rings (SSSR count). The van der Waals surface area contributed by atoms with Crippen molar-refractivity contribution in [1.29, 1.82) is 0 Å². The molecule has 27 heavy (non-hydrogen) atoms. The summed E-state index contributed by atoms with van der Waals surface area (Å²) in [5.74, 6) is -0.601. The highest BCUT2D eigenvalue weighted by atomic mass is 19.1. The molecule has 3 aromatic rings. The molecule has 4 nitrogen and oxygen atoms in total. The van der Waals surface area contributed by atoms with Crippen LogP contribution in [0.4, 0.5) is 8.78 Å². The van der Waals surface area contributed by atoms with Gasteiger partial charge in [0.05, 0.1) is 28.8 Å². The number of fused-ring (bicyclic) bond motifs is 1. The monoisotopic (exact) mass is 368 g/mol. The molecule has 2 unspecified atom stereocenters. The first-order valence-corrected chi connectivity index (χ1v) is 9.22. The Hall–Kier alpha value is -2.63. The van der Waals surface area contributed by atoms with Gasteiger partial charge in [-0.1, -0.05) is 19.9 Å². The van der Waals surface area contributed by atoms with Gasteiger partial charge in [0.15, 0.2) is 0 Å². The van der Waals surface area contributed by atoms with Crippen molar-refractivity contribution in [3.8, 4) is 11.3 Å². The van der Waals surface area contributed by atoms with Crippen molar-refractivity contribution in [1.82, 2.24) is 19.7 Å². The summed E-state index contributed by atoms with van der Waals surface area (Å²) in [5, 5.41) is 8.71.